The van der Waals surface area contributed by atoms with Crippen molar-refractivity contribution in [1.82, 2.24) is 5.32 Å². The highest BCUT2D eigenvalue weighted by atomic mass is 31.2. The van der Waals surface area contributed by atoms with E-state index in [2.05, 4.69) is 79.9 Å². The summed E-state index contributed by atoms with van der Waals surface area (Å²) in [5, 5.41) is 13.7. The molecular weight excluding hydrogens is 695 g/mol. The zero-order chi connectivity index (χ0) is 40.0. The standard InChI is InChI=1S/C45H81N2O6P/c1-6-8-10-12-14-15-16-17-18-19-20-21-22-23-24-25-26-27-28-29-30-31-33-35-37-39-45(49)46-43(44(48)38-36-34-32-13-11-9-7-2)42-53-54(50,51)52-41-40-47(3,4)5/h8,10,14-15,17-18,20-21,23-24,36,38,43-44,48H,6-7,9,11-13,16,19,22,25-35,37,39-42H2,1-5H3,(H-,46,49,50,51)/p+1/b10-8-,15-14-,18-17-,21-20-,24-23-,38-36+. The van der Waals surface area contributed by atoms with E-state index >= 15 is 0 Å². The molecule has 54 heavy (non-hydrogen) atoms. The Morgan fingerprint density at radius 3 is 1.63 bits per heavy atom. The first-order chi connectivity index (χ1) is 26.0. The molecule has 0 saturated heterocycles. The minimum Gasteiger partial charge on any atom is -0.387 e. The molecule has 9 heteroatoms. The monoisotopic (exact) mass is 778 g/mol. The molecule has 8 nitrogen and oxygen atoms in total. The van der Waals surface area contributed by atoms with Crippen molar-refractivity contribution >= 4 is 13.7 Å². The first kappa shape index (κ1) is 51.9. The zero-order valence-electron chi connectivity index (χ0n) is 35.2. The molecule has 0 aliphatic carbocycles. The lowest BCUT2D eigenvalue weighted by molar-refractivity contribution is -0.870. The van der Waals surface area contributed by atoms with Crippen LogP contribution in [-0.4, -0.2) is 73.4 Å². The summed E-state index contributed by atoms with van der Waals surface area (Å²) in [7, 11) is 1.55. The van der Waals surface area contributed by atoms with Gasteiger partial charge < -0.3 is 19.8 Å². The average Bonchev–Trinajstić information content (AvgIpc) is 3.12. The predicted molar refractivity (Wildman–Crippen MR) is 230 cm³/mol. The Balaban J connectivity index is 4.20. The minimum atomic E-state index is -4.33. The summed E-state index contributed by atoms with van der Waals surface area (Å²) in [5.74, 6) is -0.193. The van der Waals surface area contributed by atoms with Gasteiger partial charge in [0, 0.05) is 6.42 Å². The van der Waals surface area contributed by atoms with Gasteiger partial charge in [0.05, 0.1) is 39.9 Å². The highest BCUT2D eigenvalue weighted by Crippen LogP contribution is 2.43. The third kappa shape index (κ3) is 38.2. The van der Waals surface area contributed by atoms with Crippen LogP contribution in [0.15, 0.2) is 72.9 Å². The van der Waals surface area contributed by atoms with Gasteiger partial charge in [0.15, 0.2) is 0 Å². The SMILES string of the molecule is CC/C=C\C/C=C\C/C=C\C/C=C\C/C=C\CCCCCCCCCCCC(=O)NC(COP(=O)(O)OCC[N+](C)(C)C)C(O)/C=C/CCCCCCC. The molecule has 0 bridgehead atoms. The molecule has 3 unspecified atom stereocenters. The molecule has 0 aromatic heterocycles. The number of phosphoric acid groups is 1. The van der Waals surface area contributed by atoms with Gasteiger partial charge in [-0.3, -0.25) is 13.8 Å². The third-order valence-electron chi connectivity index (χ3n) is 8.93. The van der Waals surface area contributed by atoms with E-state index in [-0.39, 0.29) is 19.1 Å². The van der Waals surface area contributed by atoms with Crippen molar-refractivity contribution < 1.29 is 32.9 Å². The smallest absolute Gasteiger partial charge is 0.387 e. The Labute approximate surface area is 332 Å². The van der Waals surface area contributed by atoms with Crippen molar-refractivity contribution in [1.29, 1.82) is 0 Å². The van der Waals surface area contributed by atoms with Crippen LogP contribution in [0.4, 0.5) is 0 Å². The van der Waals surface area contributed by atoms with E-state index in [1.807, 2.05) is 27.2 Å². The van der Waals surface area contributed by atoms with E-state index in [1.165, 1.54) is 57.8 Å². The van der Waals surface area contributed by atoms with Crippen LogP contribution in [0, 0.1) is 0 Å². The molecule has 0 saturated carbocycles. The fourth-order valence-electron chi connectivity index (χ4n) is 5.54. The summed E-state index contributed by atoms with van der Waals surface area (Å²) in [6.45, 7) is 4.61. The fourth-order valence-corrected chi connectivity index (χ4v) is 6.27. The largest absolute Gasteiger partial charge is 0.472 e. The number of hydrogen-bond acceptors (Lipinski definition) is 5. The number of quaternary nitrogens is 1. The molecule has 1 amide bonds. The van der Waals surface area contributed by atoms with Gasteiger partial charge in [-0.25, -0.2) is 4.57 Å². The van der Waals surface area contributed by atoms with Crippen molar-refractivity contribution in [3.63, 3.8) is 0 Å². The van der Waals surface area contributed by atoms with Crippen molar-refractivity contribution in [2.75, 3.05) is 40.9 Å². The highest BCUT2D eigenvalue weighted by Gasteiger charge is 2.27. The minimum absolute atomic E-state index is 0.0561. The van der Waals surface area contributed by atoms with Crippen LogP contribution in [0.3, 0.4) is 0 Å². The summed E-state index contributed by atoms with van der Waals surface area (Å²) >= 11 is 0. The number of rotatable bonds is 37. The summed E-state index contributed by atoms with van der Waals surface area (Å²) in [6.07, 6.45) is 48.5. The molecule has 0 aliphatic rings. The topological polar surface area (TPSA) is 105 Å². The van der Waals surface area contributed by atoms with Crippen LogP contribution in [0.1, 0.15) is 155 Å². The van der Waals surface area contributed by atoms with Crippen LogP contribution in [-0.2, 0) is 18.4 Å². The van der Waals surface area contributed by atoms with Gasteiger partial charge in [-0.2, -0.15) is 0 Å². The Hall–Kier alpha value is -2.06. The first-order valence-corrected chi connectivity index (χ1v) is 22.8. The predicted octanol–water partition coefficient (Wildman–Crippen LogP) is 11.6. The molecule has 0 spiro atoms. The van der Waals surface area contributed by atoms with E-state index in [1.54, 1.807) is 6.08 Å². The van der Waals surface area contributed by atoms with Crippen molar-refractivity contribution in [3.05, 3.63) is 72.9 Å². The number of carbonyl (C=O) groups excluding carboxylic acids is 1. The second kappa shape index (κ2) is 36.6. The number of carbonyl (C=O) groups is 1. The lowest BCUT2D eigenvalue weighted by atomic mass is 10.1. The van der Waals surface area contributed by atoms with Crippen molar-refractivity contribution in [3.8, 4) is 0 Å². The van der Waals surface area contributed by atoms with Gasteiger partial charge in [0.25, 0.3) is 0 Å². The van der Waals surface area contributed by atoms with Crippen molar-refractivity contribution in [2.45, 2.75) is 167 Å². The number of hydrogen-bond donors (Lipinski definition) is 3. The second-order valence-electron chi connectivity index (χ2n) is 15.3. The number of phosphoric ester groups is 1. The van der Waals surface area contributed by atoms with E-state index < -0.39 is 20.0 Å². The second-order valence-corrected chi connectivity index (χ2v) is 16.8. The first-order valence-electron chi connectivity index (χ1n) is 21.3. The van der Waals surface area contributed by atoms with Crippen LogP contribution >= 0.6 is 7.82 Å². The summed E-state index contributed by atoms with van der Waals surface area (Å²) < 4.78 is 23.4. The molecule has 0 aliphatic heterocycles. The van der Waals surface area contributed by atoms with Gasteiger partial charge in [-0.15, -0.1) is 0 Å². The summed E-state index contributed by atoms with van der Waals surface area (Å²) in [4.78, 5) is 23.0. The Bertz CT molecular complexity index is 1110. The fraction of sp³-hybridized carbons (Fsp3) is 0.711. The van der Waals surface area contributed by atoms with Gasteiger partial charge in [-0.1, -0.05) is 157 Å². The Morgan fingerprint density at radius 2 is 1.11 bits per heavy atom. The van der Waals surface area contributed by atoms with E-state index in [9.17, 15) is 19.4 Å². The maximum Gasteiger partial charge on any atom is 0.472 e. The maximum atomic E-state index is 12.8. The van der Waals surface area contributed by atoms with Gasteiger partial charge in [0.1, 0.15) is 13.2 Å². The molecule has 0 radical (unpaired) electrons. The lowest BCUT2D eigenvalue weighted by Gasteiger charge is -2.25. The molecule has 0 rings (SSSR count). The number of aliphatic hydroxyl groups excluding tert-OH is 1. The van der Waals surface area contributed by atoms with Crippen LogP contribution in [0.5, 0.6) is 0 Å². The molecule has 0 heterocycles. The molecule has 312 valence electrons. The maximum absolute atomic E-state index is 12.8. The number of allylic oxidation sites excluding steroid dienone is 11. The van der Waals surface area contributed by atoms with E-state index in [4.69, 9.17) is 9.05 Å². The molecule has 0 fully saturated rings. The van der Waals surface area contributed by atoms with E-state index in [0.29, 0.717) is 17.4 Å². The molecule has 3 atom stereocenters. The van der Waals surface area contributed by atoms with Gasteiger partial charge >= 0.3 is 7.82 Å². The van der Waals surface area contributed by atoms with E-state index in [0.717, 1.165) is 77.0 Å². The average molecular weight is 778 g/mol. The molecule has 0 aromatic rings. The number of nitrogens with zero attached hydrogens (tertiary/aromatic N) is 1. The number of amides is 1. The quantitative estimate of drug-likeness (QED) is 0.0251. The third-order valence-corrected chi connectivity index (χ3v) is 9.92. The number of likely N-dealkylation sites (N-methyl/N-ethyl adjacent to an activating group) is 1. The van der Waals surface area contributed by atoms with Crippen LogP contribution in [0.25, 0.3) is 0 Å². The lowest BCUT2D eigenvalue weighted by Crippen LogP contribution is -2.45. The summed E-state index contributed by atoms with van der Waals surface area (Å²) in [6, 6.07) is -0.850. The normalized spacial score (nSPS) is 15.2. The zero-order valence-corrected chi connectivity index (χ0v) is 36.1. The van der Waals surface area contributed by atoms with Crippen LogP contribution in [0.2, 0.25) is 0 Å². The molecule has 0 aromatic carbocycles. The number of aliphatic hydroxyl groups is 1. The van der Waals surface area contributed by atoms with Crippen molar-refractivity contribution in [2.24, 2.45) is 0 Å². The highest BCUT2D eigenvalue weighted by molar-refractivity contribution is 7.47. The molecule has 3 N–H and O–H groups in total. The molecular formula is C45H82N2O6P+. The van der Waals surface area contributed by atoms with Gasteiger partial charge in [-0.05, 0) is 64.2 Å². The Kier molecular flexibility index (Phi) is 35.2. The summed E-state index contributed by atoms with van der Waals surface area (Å²) in [5.41, 5.74) is 0. The number of nitrogens with one attached hydrogen (secondary N) is 1. The number of unbranched alkanes of at least 4 members (excludes halogenated alkanes) is 14. The Morgan fingerprint density at radius 1 is 0.648 bits per heavy atom. The van der Waals surface area contributed by atoms with Gasteiger partial charge in [0.2, 0.25) is 5.91 Å². The van der Waals surface area contributed by atoms with Crippen LogP contribution < -0.4 is 5.32 Å².